The van der Waals surface area contributed by atoms with Gasteiger partial charge >= 0.3 is 0 Å². The van der Waals surface area contributed by atoms with Crippen LogP contribution >= 0.6 is 23.2 Å². The van der Waals surface area contributed by atoms with Crippen LogP contribution in [0.3, 0.4) is 0 Å². The quantitative estimate of drug-likeness (QED) is 0.0358. The van der Waals surface area contributed by atoms with Crippen LogP contribution < -0.4 is 57.2 Å². The van der Waals surface area contributed by atoms with E-state index in [1.54, 1.807) is 0 Å². The zero-order valence-corrected chi connectivity index (χ0v) is 56.8. The standard InChI is InChI=1S/C73H77Cl2N9O17/c1-4-5-6-7-8-9-10-11-22-84(2,3)23-12-21-77-69(94)63-46-34-43(86)35-52(89)58(46)45-28-38(15-17-50(45)87)60-70(95)83-64(73(98)82-63)65(90)39-16-20-54(48(75)29-39)101-57-32-41-31-56(66(57)91)100-53-19-13-36(24-47(53)74)25-49-67(92)79-61(71(96)81-62(41)72(97)80-60)40-26-42(85)33-44(27-40)99-55-30-37(14-18-51(55)88)59(76)68(93)78-49/h13-20,24,26-35,49,59-65,90H,4-12,21-23,25,76H2,1-3H3,(H12-,77,78,79,80,81,82,83,85,86,87,88,89,91,92,93,94,95,96,97,98)/p+1/t49-,59+,60-,61+,62-,63+,64+,65-/m1/s1. The molecule has 0 fully saturated rings. The van der Waals surface area contributed by atoms with Crippen molar-refractivity contribution in [3.05, 3.63) is 164 Å². The second kappa shape index (κ2) is 30.5. The Morgan fingerprint density at radius 1 is 0.525 bits per heavy atom. The Balaban J connectivity index is 1.03. The topological polar surface area (TPSA) is 399 Å². The summed E-state index contributed by atoms with van der Waals surface area (Å²) in [5, 5.41) is 100. The van der Waals surface area contributed by atoms with E-state index in [0.29, 0.717) is 23.0 Å². The summed E-state index contributed by atoms with van der Waals surface area (Å²) in [6.45, 7) is 3.80. The number of halogens is 2. The molecule has 0 radical (unpaired) electrons. The number of hydrogen-bond donors (Lipinski definition) is 15. The zero-order valence-electron chi connectivity index (χ0n) is 55.3. The van der Waals surface area contributed by atoms with E-state index in [-0.39, 0.29) is 90.5 Å². The van der Waals surface area contributed by atoms with Crippen LogP contribution in [0.4, 0.5) is 0 Å². The maximum atomic E-state index is 16.0. The number of phenols is 6. The van der Waals surface area contributed by atoms with Gasteiger partial charge in [0.15, 0.2) is 23.0 Å². The first-order valence-corrected chi connectivity index (χ1v) is 33.9. The molecule has 6 aliphatic rings. The molecule has 0 saturated heterocycles. The first-order valence-electron chi connectivity index (χ1n) is 33.1. The van der Waals surface area contributed by atoms with E-state index >= 15 is 24.0 Å². The van der Waals surface area contributed by atoms with Crippen molar-refractivity contribution in [2.75, 3.05) is 33.7 Å². The molecule has 6 aliphatic heterocycles. The maximum absolute atomic E-state index is 16.0. The third kappa shape index (κ3) is 16.4. The monoisotopic (exact) mass is 1420 g/mol. The van der Waals surface area contributed by atoms with E-state index in [9.17, 15) is 45.3 Å². The molecule has 7 aromatic rings. The highest BCUT2D eigenvalue weighted by atomic mass is 35.5. The number of quaternary nitrogens is 1. The van der Waals surface area contributed by atoms with Crippen LogP contribution in [-0.4, -0.2) is 127 Å². The fraction of sp³-hybridized carbons (Fsp3) is 0.329. The van der Waals surface area contributed by atoms with Gasteiger partial charge in [0.05, 0.1) is 37.2 Å². The van der Waals surface area contributed by atoms with Gasteiger partial charge < -0.3 is 97.4 Å². The van der Waals surface area contributed by atoms with E-state index in [0.717, 1.165) is 68.3 Å². The molecule has 26 nitrogen and oxygen atoms in total. The highest BCUT2D eigenvalue weighted by Crippen LogP contribution is 2.48. The van der Waals surface area contributed by atoms with Crippen LogP contribution in [0.2, 0.25) is 10.0 Å². The van der Waals surface area contributed by atoms with Gasteiger partial charge in [-0.1, -0.05) is 92.9 Å². The minimum Gasteiger partial charge on any atom is -0.508 e. The van der Waals surface area contributed by atoms with E-state index in [4.69, 9.17) is 43.1 Å². The van der Waals surface area contributed by atoms with Crippen molar-refractivity contribution >= 4 is 64.6 Å². The zero-order chi connectivity index (χ0) is 72.1. The lowest BCUT2D eigenvalue weighted by Crippen LogP contribution is -2.56. The number of ether oxygens (including phenoxy) is 3. The number of aliphatic hydroxyl groups is 1. The molecule has 13 rings (SSSR count). The number of aliphatic hydroxyl groups excluding tert-OH is 1. The van der Waals surface area contributed by atoms with Crippen LogP contribution in [0.15, 0.2) is 115 Å². The maximum Gasteiger partial charge on any atom is 0.248 e. The molecule has 0 saturated carbocycles. The second-order valence-corrected chi connectivity index (χ2v) is 27.1. The molecule has 101 heavy (non-hydrogen) atoms. The van der Waals surface area contributed by atoms with Gasteiger partial charge in [0.1, 0.15) is 88.6 Å². The van der Waals surface area contributed by atoms with Gasteiger partial charge in [-0.3, -0.25) is 33.6 Å². The SMILES string of the molecule is CCCCCCCCCC[N+](C)(C)CCCNC(=O)[C@H]1NC(=O)[C@H]2NC(=O)[C@H](NC(=O)[C@@H]3NC(=O)[C@H]4NC(=O)[C@@H](Cc5ccc(c(Cl)c5)Oc5cc3cc(c5O)Oc3ccc(cc3Cl)[C@H]2O)NC(=O)[C@@H](N)c2ccc(O)c(c2)Oc2cc(O)cc4c2)c2ccc(O)c(c2)-c2c(O)cc(O)cc21. The highest BCUT2D eigenvalue weighted by molar-refractivity contribution is 6.32. The minimum absolute atomic E-state index is 0.0831. The molecule has 0 aliphatic carbocycles. The van der Waals surface area contributed by atoms with Crippen LogP contribution in [0.25, 0.3) is 11.1 Å². The number of carbonyl (C=O) groups is 7. The number of phenolic OH excluding ortho intramolecular Hbond substituents is 6. The van der Waals surface area contributed by atoms with Crippen LogP contribution in [0, 0.1) is 0 Å². The van der Waals surface area contributed by atoms with E-state index in [1.807, 2.05) is 0 Å². The summed E-state index contributed by atoms with van der Waals surface area (Å²) in [5.41, 5.74) is 5.15. The van der Waals surface area contributed by atoms with Gasteiger partial charge in [0.25, 0.3) is 0 Å². The fourth-order valence-corrected chi connectivity index (χ4v) is 13.3. The predicted molar refractivity (Wildman–Crippen MR) is 369 cm³/mol. The Morgan fingerprint density at radius 2 is 1.10 bits per heavy atom. The summed E-state index contributed by atoms with van der Waals surface area (Å²) in [6, 6.07) is 9.64. The smallest absolute Gasteiger partial charge is 0.248 e. The number of fused-ring (bicyclic) bond motifs is 14. The van der Waals surface area contributed by atoms with Crippen LogP contribution in [-0.2, 0) is 40.0 Å². The third-order valence-electron chi connectivity index (χ3n) is 18.3. The molecular formula is C73H78Cl2N9O17+. The van der Waals surface area contributed by atoms with Gasteiger partial charge in [-0.2, -0.15) is 0 Å². The first kappa shape index (κ1) is 71.8. The molecule has 7 amide bonds. The number of nitrogens with two attached hydrogens (primary N) is 1. The van der Waals surface area contributed by atoms with Crippen LogP contribution in [0.5, 0.6) is 69.0 Å². The summed E-state index contributed by atoms with van der Waals surface area (Å²) in [4.78, 5) is 107. The van der Waals surface area contributed by atoms with Crippen molar-refractivity contribution in [2.24, 2.45) is 5.73 Å². The van der Waals surface area contributed by atoms with Crippen molar-refractivity contribution in [1.82, 2.24) is 37.2 Å². The summed E-state index contributed by atoms with van der Waals surface area (Å²) in [7, 11) is 4.19. The van der Waals surface area contributed by atoms with Gasteiger partial charge in [0, 0.05) is 42.6 Å². The molecule has 6 heterocycles. The number of benzene rings is 7. The number of rotatable bonds is 14. The molecule has 530 valence electrons. The lowest BCUT2D eigenvalue weighted by molar-refractivity contribution is -0.890. The van der Waals surface area contributed by atoms with Gasteiger partial charge in [-0.15, -0.1) is 0 Å². The summed E-state index contributed by atoms with van der Waals surface area (Å²) in [5.74, 6) is -13.2. The molecule has 28 heteroatoms. The van der Waals surface area contributed by atoms with Crippen molar-refractivity contribution in [3.63, 3.8) is 0 Å². The summed E-state index contributed by atoms with van der Waals surface area (Å²) < 4.78 is 19.3. The number of nitrogens with zero attached hydrogens (tertiary/aromatic N) is 1. The molecule has 16 N–H and O–H groups in total. The normalized spacial score (nSPS) is 20.6. The Hall–Kier alpha value is -10.5. The Bertz CT molecular complexity index is 4400. The molecule has 0 aromatic heterocycles. The predicted octanol–water partition coefficient (Wildman–Crippen LogP) is 8.62. The molecular weight excluding hydrogens is 1350 g/mol. The van der Waals surface area contributed by atoms with Crippen molar-refractivity contribution in [3.8, 4) is 80.1 Å². The average molecular weight is 1420 g/mol. The summed E-state index contributed by atoms with van der Waals surface area (Å²) >= 11 is 13.9. The molecule has 0 spiro atoms. The Morgan fingerprint density at radius 3 is 1.78 bits per heavy atom. The van der Waals surface area contributed by atoms with Gasteiger partial charge in [-0.25, -0.2) is 0 Å². The number of carbonyl (C=O) groups excluding carboxylic acids is 7. The summed E-state index contributed by atoms with van der Waals surface area (Å²) in [6.07, 6.45) is 7.34. The number of aromatic hydroxyl groups is 6. The largest absolute Gasteiger partial charge is 0.508 e. The molecule has 0 unspecified atom stereocenters. The number of amides is 7. The molecule has 7 aromatic carbocycles. The van der Waals surface area contributed by atoms with Crippen molar-refractivity contribution < 1.29 is 88.0 Å². The Labute approximate surface area is 590 Å². The van der Waals surface area contributed by atoms with Gasteiger partial charge in [0.2, 0.25) is 47.1 Å². The number of unbranched alkanes of at least 4 members (excludes halogenated alkanes) is 7. The highest BCUT2D eigenvalue weighted by Gasteiger charge is 2.42. The number of hydrogen-bond acceptors (Lipinski definition) is 18. The Kier molecular flexibility index (Phi) is 21.7. The van der Waals surface area contributed by atoms with E-state index in [2.05, 4.69) is 58.2 Å². The second-order valence-electron chi connectivity index (χ2n) is 26.3. The van der Waals surface area contributed by atoms with E-state index < -0.39 is 136 Å². The van der Waals surface area contributed by atoms with Gasteiger partial charge in [-0.05, 0) is 131 Å². The number of nitrogens with one attached hydrogen (secondary N) is 7. The first-order chi connectivity index (χ1) is 48.2. The van der Waals surface area contributed by atoms with Crippen molar-refractivity contribution in [1.29, 1.82) is 0 Å². The average Bonchev–Trinajstić information content (AvgIpc) is 0.768. The lowest BCUT2D eigenvalue weighted by atomic mass is 9.89. The third-order valence-corrected chi connectivity index (χ3v) is 18.9. The van der Waals surface area contributed by atoms with Crippen molar-refractivity contribution in [2.45, 2.75) is 120 Å². The fourth-order valence-electron chi connectivity index (χ4n) is 12.8. The van der Waals surface area contributed by atoms with Crippen LogP contribution in [0.1, 0.15) is 140 Å². The van der Waals surface area contributed by atoms with E-state index in [1.165, 1.54) is 105 Å². The lowest BCUT2D eigenvalue weighted by Gasteiger charge is -2.32. The minimum atomic E-state index is -2.15. The molecule has 8 atom stereocenters. The molecule has 17 bridgehead atoms.